The highest BCUT2D eigenvalue weighted by molar-refractivity contribution is 6.31. The zero-order chi connectivity index (χ0) is 29.4. The molecule has 0 amide bonds. The van der Waals surface area contributed by atoms with Gasteiger partial charge in [-0.05, 0) is 79.8 Å². The molecule has 0 aromatic heterocycles. The Kier molecular flexibility index (Phi) is 7.76. The van der Waals surface area contributed by atoms with Gasteiger partial charge in [-0.3, -0.25) is 19.8 Å². The molecule has 41 heavy (non-hydrogen) atoms. The van der Waals surface area contributed by atoms with Gasteiger partial charge in [0, 0.05) is 33.8 Å². The van der Waals surface area contributed by atoms with Gasteiger partial charge in [0.25, 0.3) is 5.69 Å². The van der Waals surface area contributed by atoms with Crippen molar-refractivity contribution < 1.29 is 14.5 Å². The fourth-order valence-corrected chi connectivity index (χ4v) is 5.90. The number of nitrogens with two attached hydrogens (primary N) is 1. The number of hydrogen-bond acceptors (Lipinski definition) is 7. The smallest absolute Gasteiger partial charge is 0.294 e. The number of allylic oxidation sites excluding steroid dienone is 3. The monoisotopic (exact) mass is 588 g/mol. The van der Waals surface area contributed by atoms with E-state index in [0.717, 1.165) is 22.3 Å². The predicted molar refractivity (Wildman–Crippen MR) is 158 cm³/mol. The van der Waals surface area contributed by atoms with Crippen molar-refractivity contribution in [3.05, 3.63) is 120 Å². The zero-order valence-electron chi connectivity index (χ0n) is 22.4. The van der Waals surface area contributed by atoms with E-state index >= 15 is 0 Å². The number of hydrogen-bond donors (Lipinski definition) is 1. The first kappa shape index (κ1) is 28.2. The number of nitro benzene ring substituents is 1. The number of carbonyl (C=O) groups is 1. The third-order valence-corrected chi connectivity index (χ3v) is 7.99. The second-order valence-corrected chi connectivity index (χ2v) is 11.0. The number of ketones is 1. The number of carbonyl (C=O) groups excluding carboxylic acids is 1. The first-order valence-corrected chi connectivity index (χ1v) is 13.7. The van der Waals surface area contributed by atoms with Gasteiger partial charge in [0.05, 0.1) is 22.5 Å². The Morgan fingerprint density at radius 3 is 2.49 bits per heavy atom. The van der Waals surface area contributed by atoms with E-state index in [4.69, 9.17) is 33.7 Å². The van der Waals surface area contributed by atoms with E-state index in [9.17, 15) is 20.2 Å². The standard InChI is InChI=1S/C31H26Cl2N4O4/c1-17-12-19(16-41-22-9-6-20(32)7-10-22)18(2)23(13-17)29-24(15-34)31(35)36(26-4-3-5-28(38)30(26)29)25-11-8-21(33)14-27(25)37(39)40/h6-14,29H,3-5,16,35H2,1-2H3. The van der Waals surface area contributed by atoms with Gasteiger partial charge in [-0.15, -0.1) is 0 Å². The second kappa shape index (κ2) is 11.3. The average Bonchev–Trinajstić information content (AvgIpc) is 2.94. The van der Waals surface area contributed by atoms with Crippen LogP contribution in [0.1, 0.15) is 47.4 Å². The number of nitrogens with zero attached hydrogens (tertiary/aromatic N) is 3. The highest BCUT2D eigenvalue weighted by Gasteiger charge is 2.42. The van der Waals surface area contributed by atoms with Crippen LogP contribution in [0.15, 0.2) is 77.3 Å². The van der Waals surface area contributed by atoms with E-state index < -0.39 is 10.8 Å². The maximum Gasteiger partial charge on any atom is 0.294 e. The quantitative estimate of drug-likeness (QED) is 0.235. The average molecular weight is 589 g/mol. The lowest BCUT2D eigenvalue weighted by Crippen LogP contribution is -2.39. The molecule has 2 N–H and O–H groups in total. The molecule has 1 heterocycles. The van der Waals surface area contributed by atoms with E-state index in [-0.39, 0.29) is 40.2 Å². The molecule has 10 heteroatoms. The van der Waals surface area contributed by atoms with Crippen molar-refractivity contribution in [2.24, 2.45) is 5.73 Å². The van der Waals surface area contributed by atoms with Crippen LogP contribution in [0, 0.1) is 35.3 Å². The molecule has 0 bridgehead atoms. The second-order valence-electron chi connectivity index (χ2n) is 10.1. The van der Waals surface area contributed by atoms with Crippen LogP contribution in [0.3, 0.4) is 0 Å². The number of anilines is 1. The first-order valence-electron chi connectivity index (χ1n) is 13.0. The summed E-state index contributed by atoms with van der Waals surface area (Å²) in [5, 5.41) is 23.2. The van der Waals surface area contributed by atoms with Gasteiger partial charge in [0.2, 0.25) is 0 Å². The number of nitro groups is 1. The first-order chi connectivity index (χ1) is 19.6. The molecule has 0 spiro atoms. The molecular formula is C31H26Cl2N4O4. The predicted octanol–water partition coefficient (Wildman–Crippen LogP) is 7.40. The topological polar surface area (TPSA) is 122 Å². The number of nitriles is 1. The maximum atomic E-state index is 13.6. The highest BCUT2D eigenvalue weighted by atomic mass is 35.5. The molecule has 1 atom stereocenters. The Bertz CT molecular complexity index is 1690. The normalized spacial score (nSPS) is 16.9. The minimum atomic E-state index is -0.723. The van der Waals surface area contributed by atoms with Crippen molar-refractivity contribution in [2.45, 2.75) is 45.6 Å². The maximum absolute atomic E-state index is 13.6. The van der Waals surface area contributed by atoms with E-state index in [0.29, 0.717) is 41.3 Å². The molecule has 3 aromatic carbocycles. The summed E-state index contributed by atoms with van der Waals surface area (Å²) in [5.74, 6) is -0.127. The molecular weight excluding hydrogens is 563 g/mol. The van der Waals surface area contributed by atoms with Crippen LogP contribution in [0.25, 0.3) is 0 Å². The summed E-state index contributed by atoms with van der Waals surface area (Å²) in [4.78, 5) is 26.5. The Balaban J connectivity index is 1.66. The Morgan fingerprint density at radius 2 is 1.80 bits per heavy atom. The molecule has 0 saturated carbocycles. The molecule has 2 aliphatic rings. The van der Waals surface area contributed by atoms with E-state index in [1.807, 2.05) is 26.0 Å². The molecule has 0 fully saturated rings. The Morgan fingerprint density at radius 1 is 1.10 bits per heavy atom. The van der Waals surface area contributed by atoms with Crippen LogP contribution in [-0.4, -0.2) is 10.7 Å². The molecule has 0 saturated heterocycles. The summed E-state index contributed by atoms with van der Waals surface area (Å²) in [6, 6.07) is 17.5. The number of aryl methyl sites for hydroxylation is 1. The minimum absolute atomic E-state index is 0.0521. The van der Waals surface area contributed by atoms with Gasteiger partial charge in [0.1, 0.15) is 23.9 Å². The van der Waals surface area contributed by atoms with Gasteiger partial charge in [-0.25, -0.2) is 0 Å². The van der Waals surface area contributed by atoms with Crippen LogP contribution in [0.5, 0.6) is 5.75 Å². The van der Waals surface area contributed by atoms with Crippen LogP contribution in [0.4, 0.5) is 11.4 Å². The van der Waals surface area contributed by atoms with Crippen LogP contribution < -0.4 is 15.4 Å². The van der Waals surface area contributed by atoms with Gasteiger partial charge in [-0.2, -0.15) is 5.26 Å². The molecule has 208 valence electrons. The number of rotatable bonds is 6. The Labute approximate surface area is 247 Å². The fourth-order valence-electron chi connectivity index (χ4n) is 5.61. The summed E-state index contributed by atoms with van der Waals surface area (Å²) in [5.41, 5.74) is 11.2. The summed E-state index contributed by atoms with van der Waals surface area (Å²) < 4.78 is 6.03. The summed E-state index contributed by atoms with van der Waals surface area (Å²) in [6.07, 6.45) is 1.33. The van der Waals surface area contributed by atoms with Crippen molar-refractivity contribution >= 4 is 40.4 Å². The molecule has 1 aliphatic heterocycles. The van der Waals surface area contributed by atoms with Gasteiger partial charge in [0.15, 0.2) is 5.78 Å². The van der Waals surface area contributed by atoms with Crippen LogP contribution in [0.2, 0.25) is 10.0 Å². The van der Waals surface area contributed by atoms with E-state index in [1.165, 1.54) is 23.1 Å². The Hall–Kier alpha value is -4.32. The van der Waals surface area contributed by atoms with Gasteiger partial charge in [-0.1, -0.05) is 40.9 Å². The van der Waals surface area contributed by atoms with Gasteiger partial charge >= 0.3 is 0 Å². The number of benzene rings is 3. The SMILES string of the molecule is Cc1cc(COc2ccc(Cl)cc2)c(C)c(C2C(C#N)=C(N)N(c3ccc(Cl)cc3[N+](=O)[O-])C3=C2C(=O)CCC3)c1. The molecule has 3 aromatic rings. The number of Topliss-reactive ketones (excluding diaryl/α,β-unsaturated/α-hetero) is 1. The largest absolute Gasteiger partial charge is 0.489 e. The van der Waals surface area contributed by atoms with Crippen molar-refractivity contribution in [3.63, 3.8) is 0 Å². The zero-order valence-corrected chi connectivity index (χ0v) is 23.9. The highest BCUT2D eigenvalue weighted by Crippen LogP contribution is 2.49. The third-order valence-electron chi connectivity index (χ3n) is 7.51. The lowest BCUT2D eigenvalue weighted by molar-refractivity contribution is -0.384. The van der Waals surface area contributed by atoms with Crippen LogP contribution in [-0.2, 0) is 11.4 Å². The summed E-state index contributed by atoms with van der Waals surface area (Å²) in [7, 11) is 0. The van der Waals surface area contributed by atoms with E-state index in [1.54, 1.807) is 24.3 Å². The minimum Gasteiger partial charge on any atom is -0.489 e. The van der Waals surface area contributed by atoms with Crippen molar-refractivity contribution in [1.29, 1.82) is 5.26 Å². The molecule has 1 aliphatic carbocycles. The van der Waals surface area contributed by atoms with Crippen LogP contribution >= 0.6 is 23.2 Å². The lowest BCUT2D eigenvalue weighted by atomic mass is 9.73. The van der Waals surface area contributed by atoms with E-state index in [2.05, 4.69) is 6.07 Å². The number of ether oxygens (including phenoxy) is 1. The van der Waals surface area contributed by atoms with Crippen molar-refractivity contribution in [3.8, 4) is 11.8 Å². The third kappa shape index (κ3) is 5.26. The van der Waals surface area contributed by atoms with Crippen molar-refractivity contribution in [1.82, 2.24) is 0 Å². The number of halogens is 2. The van der Waals surface area contributed by atoms with Crippen molar-refractivity contribution in [2.75, 3.05) is 4.90 Å². The molecule has 8 nitrogen and oxygen atoms in total. The summed E-state index contributed by atoms with van der Waals surface area (Å²) in [6.45, 7) is 4.14. The fraction of sp³-hybridized carbons (Fsp3) is 0.226. The summed E-state index contributed by atoms with van der Waals surface area (Å²) >= 11 is 12.1. The molecule has 5 rings (SSSR count). The van der Waals surface area contributed by atoms with Gasteiger partial charge < -0.3 is 10.5 Å². The molecule has 1 unspecified atom stereocenters. The lowest BCUT2D eigenvalue weighted by Gasteiger charge is -2.40. The molecule has 0 radical (unpaired) electrons.